The average Bonchev–Trinajstić information content (AvgIpc) is 2.49. The second kappa shape index (κ2) is 6.59. The monoisotopic (exact) mass is 289 g/mol. The zero-order valence-corrected chi connectivity index (χ0v) is 12.3. The van der Waals surface area contributed by atoms with Crippen LogP contribution < -0.4 is 10.1 Å². The summed E-state index contributed by atoms with van der Waals surface area (Å²) in [6.07, 6.45) is 0. The van der Waals surface area contributed by atoms with E-state index in [1.54, 1.807) is 19.1 Å². The molecular weight excluding hydrogens is 269 g/mol. The quantitative estimate of drug-likeness (QED) is 0.854. The Morgan fingerprint density at radius 2 is 1.90 bits per heavy atom. The second-order valence-electron chi connectivity index (χ2n) is 5.07. The molecule has 2 rings (SSSR count). The fourth-order valence-corrected chi connectivity index (χ4v) is 2.06. The molecule has 2 aromatic rings. The summed E-state index contributed by atoms with van der Waals surface area (Å²) < 4.78 is 18.9. The Morgan fingerprint density at radius 3 is 2.52 bits per heavy atom. The molecule has 0 saturated carbocycles. The summed E-state index contributed by atoms with van der Waals surface area (Å²) in [6, 6.07) is 14.1. The van der Waals surface area contributed by atoms with Crippen LogP contribution in [0.3, 0.4) is 0 Å². The molecule has 0 radical (unpaired) electrons. The first-order valence-electron chi connectivity index (χ1n) is 6.97. The van der Waals surface area contributed by atoms with E-state index in [-0.39, 0.29) is 12.3 Å². The maximum atomic E-state index is 13.8. The fraction of sp³-hybridized carbons (Fsp3) is 0.294. The molecule has 0 spiro atoms. The molecule has 0 amide bonds. The van der Waals surface area contributed by atoms with Crippen LogP contribution in [0.1, 0.15) is 19.4 Å². The van der Waals surface area contributed by atoms with Crippen molar-refractivity contribution < 1.29 is 14.2 Å². The number of hydrogen-bond acceptors (Lipinski definition) is 3. The SMILES string of the molecule is CCOc1ccc(NCC(C)(O)c2ccccc2)cc1F. The van der Waals surface area contributed by atoms with Gasteiger partial charge < -0.3 is 15.2 Å². The summed E-state index contributed by atoms with van der Waals surface area (Å²) in [5.41, 5.74) is 0.382. The molecule has 2 aromatic carbocycles. The molecule has 1 atom stereocenters. The third-order valence-corrected chi connectivity index (χ3v) is 3.26. The predicted molar refractivity (Wildman–Crippen MR) is 82.1 cm³/mol. The molecule has 1 unspecified atom stereocenters. The molecule has 4 heteroatoms. The van der Waals surface area contributed by atoms with E-state index in [0.29, 0.717) is 12.3 Å². The van der Waals surface area contributed by atoms with Crippen molar-refractivity contribution in [3.8, 4) is 5.75 Å². The average molecular weight is 289 g/mol. The first-order valence-corrected chi connectivity index (χ1v) is 6.97. The normalized spacial score (nSPS) is 13.5. The van der Waals surface area contributed by atoms with Gasteiger partial charge in [-0.25, -0.2) is 4.39 Å². The highest BCUT2D eigenvalue weighted by Gasteiger charge is 2.22. The van der Waals surface area contributed by atoms with Gasteiger partial charge in [-0.15, -0.1) is 0 Å². The van der Waals surface area contributed by atoms with E-state index in [4.69, 9.17) is 4.74 Å². The molecule has 21 heavy (non-hydrogen) atoms. The number of rotatable bonds is 6. The summed E-state index contributed by atoms with van der Waals surface area (Å²) in [6.45, 7) is 4.24. The topological polar surface area (TPSA) is 41.5 Å². The zero-order valence-electron chi connectivity index (χ0n) is 12.3. The molecule has 0 aliphatic rings. The summed E-state index contributed by atoms with van der Waals surface area (Å²) in [4.78, 5) is 0. The first-order chi connectivity index (χ1) is 10.0. The highest BCUT2D eigenvalue weighted by Crippen LogP contribution is 2.24. The zero-order chi connectivity index (χ0) is 15.3. The molecule has 0 saturated heterocycles. The van der Waals surface area contributed by atoms with E-state index in [2.05, 4.69) is 5.32 Å². The smallest absolute Gasteiger partial charge is 0.167 e. The molecular formula is C17H20FNO2. The summed E-state index contributed by atoms with van der Waals surface area (Å²) >= 11 is 0. The van der Waals surface area contributed by atoms with Crippen LogP contribution in [0.15, 0.2) is 48.5 Å². The number of anilines is 1. The molecule has 0 aliphatic heterocycles. The van der Waals surface area contributed by atoms with Crippen LogP contribution in [0.4, 0.5) is 10.1 Å². The lowest BCUT2D eigenvalue weighted by Crippen LogP contribution is -2.30. The maximum Gasteiger partial charge on any atom is 0.167 e. The van der Waals surface area contributed by atoms with Crippen molar-refractivity contribution in [2.24, 2.45) is 0 Å². The van der Waals surface area contributed by atoms with Gasteiger partial charge in [0.25, 0.3) is 0 Å². The standard InChI is InChI=1S/C17H20FNO2/c1-3-21-16-10-9-14(11-15(16)18)19-12-17(2,20)13-7-5-4-6-8-13/h4-11,19-20H,3,12H2,1-2H3. The van der Waals surface area contributed by atoms with Gasteiger partial charge in [0.1, 0.15) is 5.60 Å². The van der Waals surface area contributed by atoms with E-state index in [1.165, 1.54) is 6.07 Å². The lowest BCUT2D eigenvalue weighted by Gasteiger charge is -2.25. The highest BCUT2D eigenvalue weighted by molar-refractivity contribution is 5.47. The van der Waals surface area contributed by atoms with E-state index in [0.717, 1.165) is 5.56 Å². The Bertz CT molecular complexity index is 585. The number of ether oxygens (including phenoxy) is 1. The highest BCUT2D eigenvalue weighted by atomic mass is 19.1. The fourth-order valence-electron chi connectivity index (χ4n) is 2.06. The molecule has 0 heterocycles. The van der Waals surface area contributed by atoms with Gasteiger partial charge in [0.15, 0.2) is 11.6 Å². The Labute approximate surface area is 124 Å². The van der Waals surface area contributed by atoms with Crippen LogP contribution in [-0.4, -0.2) is 18.3 Å². The van der Waals surface area contributed by atoms with Gasteiger partial charge in [-0.05, 0) is 31.5 Å². The number of nitrogens with one attached hydrogen (secondary N) is 1. The van der Waals surface area contributed by atoms with E-state index < -0.39 is 11.4 Å². The van der Waals surface area contributed by atoms with Crippen LogP contribution in [0.5, 0.6) is 5.75 Å². The van der Waals surface area contributed by atoms with Gasteiger partial charge in [-0.1, -0.05) is 30.3 Å². The van der Waals surface area contributed by atoms with Crippen molar-refractivity contribution in [1.82, 2.24) is 0 Å². The van der Waals surface area contributed by atoms with Gasteiger partial charge in [-0.2, -0.15) is 0 Å². The Morgan fingerprint density at radius 1 is 1.19 bits per heavy atom. The third-order valence-electron chi connectivity index (χ3n) is 3.26. The van der Waals surface area contributed by atoms with Crippen molar-refractivity contribution in [2.45, 2.75) is 19.4 Å². The van der Waals surface area contributed by atoms with Crippen molar-refractivity contribution in [2.75, 3.05) is 18.5 Å². The molecule has 112 valence electrons. The van der Waals surface area contributed by atoms with Gasteiger partial charge in [0.05, 0.1) is 6.61 Å². The van der Waals surface area contributed by atoms with Gasteiger partial charge >= 0.3 is 0 Å². The second-order valence-corrected chi connectivity index (χ2v) is 5.07. The van der Waals surface area contributed by atoms with Crippen molar-refractivity contribution >= 4 is 5.69 Å². The Hall–Kier alpha value is -2.07. The van der Waals surface area contributed by atoms with Crippen LogP contribution >= 0.6 is 0 Å². The van der Waals surface area contributed by atoms with Crippen LogP contribution in [0, 0.1) is 5.82 Å². The largest absolute Gasteiger partial charge is 0.491 e. The van der Waals surface area contributed by atoms with Crippen molar-refractivity contribution in [3.63, 3.8) is 0 Å². The van der Waals surface area contributed by atoms with Crippen molar-refractivity contribution in [1.29, 1.82) is 0 Å². The van der Waals surface area contributed by atoms with Crippen LogP contribution in [0.25, 0.3) is 0 Å². The van der Waals surface area contributed by atoms with Crippen LogP contribution in [-0.2, 0) is 5.60 Å². The van der Waals surface area contributed by atoms with Crippen molar-refractivity contribution in [3.05, 3.63) is 59.9 Å². The van der Waals surface area contributed by atoms with Crippen LogP contribution in [0.2, 0.25) is 0 Å². The summed E-state index contributed by atoms with van der Waals surface area (Å²) in [5, 5.41) is 13.5. The lowest BCUT2D eigenvalue weighted by molar-refractivity contribution is 0.0715. The minimum absolute atomic E-state index is 0.234. The molecule has 0 fully saturated rings. The van der Waals surface area contributed by atoms with Gasteiger partial charge in [-0.3, -0.25) is 0 Å². The molecule has 2 N–H and O–H groups in total. The number of halogens is 1. The summed E-state index contributed by atoms with van der Waals surface area (Å²) in [7, 11) is 0. The number of hydrogen-bond donors (Lipinski definition) is 2. The molecule has 0 bridgehead atoms. The Kier molecular flexibility index (Phi) is 4.81. The molecule has 0 aliphatic carbocycles. The molecule has 3 nitrogen and oxygen atoms in total. The minimum atomic E-state index is -1.03. The van der Waals surface area contributed by atoms with Gasteiger partial charge in [0, 0.05) is 18.3 Å². The third kappa shape index (κ3) is 3.95. The van der Waals surface area contributed by atoms with E-state index in [1.807, 2.05) is 37.3 Å². The number of benzene rings is 2. The maximum absolute atomic E-state index is 13.8. The molecule has 0 aromatic heterocycles. The van der Waals surface area contributed by atoms with E-state index in [9.17, 15) is 9.50 Å². The minimum Gasteiger partial charge on any atom is -0.491 e. The number of aliphatic hydroxyl groups is 1. The first kappa shape index (κ1) is 15.3. The van der Waals surface area contributed by atoms with Gasteiger partial charge in [0.2, 0.25) is 0 Å². The lowest BCUT2D eigenvalue weighted by atomic mass is 9.96. The summed E-state index contributed by atoms with van der Waals surface area (Å²) in [5.74, 6) is -0.181. The predicted octanol–water partition coefficient (Wildman–Crippen LogP) is 3.54. The Balaban J connectivity index is 2.04. The van der Waals surface area contributed by atoms with E-state index >= 15 is 0 Å².